The molecule has 0 bridgehead atoms. The monoisotopic (exact) mass is 392 g/mol. The number of thiazole rings is 1. The number of aromatic nitrogens is 1. The Morgan fingerprint density at radius 1 is 1.31 bits per heavy atom. The normalized spacial score (nSPS) is 25.3. The number of rotatable bonds is 5. The van der Waals surface area contributed by atoms with Crippen molar-refractivity contribution in [3.8, 4) is 0 Å². The molecule has 1 spiro atoms. The molecule has 0 saturated carbocycles. The summed E-state index contributed by atoms with van der Waals surface area (Å²) in [6.45, 7) is 3.60. The standard InChI is InChI=1S/C18H24N4O2S2/c1-20(2)10-11-22-18(15-5-3-4-6-16(15)26(22,23)24)7-9-21(14-18)13-17-19-8-12-25-17/h3-6,8,12H,7,9-11,13-14H2,1-2H3/t18-/m0/s1. The van der Waals surface area contributed by atoms with E-state index in [1.54, 1.807) is 21.7 Å². The zero-order chi connectivity index (χ0) is 18.4. The molecule has 0 unspecified atom stereocenters. The largest absolute Gasteiger partial charge is 0.308 e. The van der Waals surface area contributed by atoms with Gasteiger partial charge in [-0.25, -0.2) is 13.4 Å². The molecule has 6 nitrogen and oxygen atoms in total. The first-order valence-electron chi connectivity index (χ1n) is 8.81. The predicted octanol–water partition coefficient (Wildman–Crippen LogP) is 1.81. The van der Waals surface area contributed by atoms with Gasteiger partial charge in [0.1, 0.15) is 5.01 Å². The van der Waals surface area contributed by atoms with Crippen molar-refractivity contribution in [3.05, 3.63) is 46.4 Å². The van der Waals surface area contributed by atoms with Crippen molar-refractivity contribution in [1.29, 1.82) is 0 Å². The summed E-state index contributed by atoms with van der Waals surface area (Å²) in [6, 6.07) is 7.53. The van der Waals surface area contributed by atoms with Crippen molar-refractivity contribution in [2.45, 2.75) is 23.4 Å². The summed E-state index contributed by atoms with van der Waals surface area (Å²) in [7, 11) is 0.504. The molecule has 0 amide bonds. The van der Waals surface area contributed by atoms with E-state index < -0.39 is 15.6 Å². The summed E-state index contributed by atoms with van der Waals surface area (Å²) in [5.74, 6) is 0. The average molecular weight is 393 g/mol. The van der Waals surface area contributed by atoms with Gasteiger partial charge in [0.25, 0.3) is 0 Å². The Labute approximate surface area is 159 Å². The van der Waals surface area contributed by atoms with Gasteiger partial charge in [0.05, 0.1) is 17.0 Å². The van der Waals surface area contributed by atoms with E-state index >= 15 is 0 Å². The number of fused-ring (bicyclic) bond motifs is 2. The van der Waals surface area contributed by atoms with E-state index in [2.05, 4.69) is 9.88 Å². The summed E-state index contributed by atoms with van der Waals surface area (Å²) in [4.78, 5) is 9.23. The minimum Gasteiger partial charge on any atom is -0.308 e. The van der Waals surface area contributed by atoms with Crippen LogP contribution in [0.15, 0.2) is 40.7 Å². The van der Waals surface area contributed by atoms with Gasteiger partial charge in [-0.15, -0.1) is 11.3 Å². The lowest BCUT2D eigenvalue weighted by Gasteiger charge is -2.34. The van der Waals surface area contributed by atoms with Crippen LogP contribution in [0.4, 0.5) is 0 Å². The van der Waals surface area contributed by atoms with Crippen LogP contribution in [-0.2, 0) is 22.1 Å². The number of hydrogen-bond donors (Lipinski definition) is 0. The first-order valence-corrected chi connectivity index (χ1v) is 11.1. The maximum atomic E-state index is 13.3. The summed E-state index contributed by atoms with van der Waals surface area (Å²) < 4.78 is 28.3. The van der Waals surface area contributed by atoms with E-state index in [9.17, 15) is 8.42 Å². The lowest BCUT2D eigenvalue weighted by atomic mass is 9.89. The quantitative estimate of drug-likeness (QED) is 0.777. The van der Waals surface area contributed by atoms with Crippen molar-refractivity contribution in [2.75, 3.05) is 40.3 Å². The fourth-order valence-electron chi connectivity index (χ4n) is 4.14. The number of likely N-dealkylation sites (N-methyl/N-ethyl adjacent to an activating group) is 1. The smallest absolute Gasteiger partial charge is 0.244 e. The van der Waals surface area contributed by atoms with Crippen LogP contribution in [0.2, 0.25) is 0 Å². The summed E-state index contributed by atoms with van der Waals surface area (Å²) in [6.07, 6.45) is 2.65. The second-order valence-corrected chi connectivity index (χ2v) is 10.1. The SMILES string of the molecule is CN(C)CCN1[C@]2(CCN(Cc3nccs3)C2)c2ccccc2S1(=O)=O. The van der Waals surface area contributed by atoms with Crippen molar-refractivity contribution in [1.82, 2.24) is 19.1 Å². The topological polar surface area (TPSA) is 56.8 Å². The number of likely N-dealkylation sites (tertiary alicyclic amines) is 1. The molecular formula is C18H24N4O2S2. The minimum absolute atomic E-state index is 0.456. The molecule has 8 heteroatoms. The third kappa shape index (κ3) is 2.90. The van der Waals surface area contributed by atoms with Crippen LogP contribution in [0, 0.1) is 0 Å². The van der Waals surface area contributed by atoms with Crippen molar-refractivity contribution >= 4 is 21.4 Å². The Bertz CT molecular complexity index is 882. The first-order chi connectivity index (χ1) is 12.4. The Hall–Kier alpha value is -1.32. The summed E-state index contributed by atoms with van der Waals surface area (Å²) in [5, 5.41) is 3.07. The first kappa shape index (κ1) is 18.1. The number of nitrogens with zero attached hydrogens (tertiary/aromatic N) is 4. The van der Waals surface area contributed by atoms with Gasteiger partial charge < -0.3 is 4.90 Å². The molecule has 1 atom stereocenters. The van der Waals surface area contributed by atoms with Crippen molar-refractivity contribution in [2.24, 2.45) is 0 Å². The molecule has 2 aromatic rings. The third-order valence-electron chi connectivity index (χ3n) is 5.35. The Kier molecular flexibility index (Phi) is 4.65. The average Bonchev–Trinajstić information content (AvgIpc) is 3.29. The van der Waals surface area contributed by atoms with Gasteiger partial charge in [-0.2, -0.15) is 4.31 Å². The number of sulfonamides is 1. The van der Waals surface area contributed by atoms with E-state index in [4.69, 9.17) is 0 Å². The van der Waals surface area contributed by atoms with Gasteiger partial charge in [-0.3, -0.25) is 4.90 Å². The molecule has 2 aliphatic heterocycles. The van der Waals surface area contributed by atoms with Crippen LogP contribution in [0.1, 0.15) is 17.0 Å². The van der Waals surface area contributed by atoms with Crippen molar-refractivity contribution < 1.29 is 8.42 Å². The lowest BCUT2D eigenvalue weighted by molar-refractivity contribution is 0.178. The maximum Gasteiger partial charge on any atom is 0.244 e. The minimum atomic E-state index is -3.45. The highest BCUT2D eigenvalue weighted by Crippen LogP contribution is 2.49. The number of hydrogen-bond acceptors (Lipinski definition) is 6. The van der Waals surface area contributed by atoms with Gasteiger partial charge in [0, 0.05) is 37.8 Å². The maximum absolute atomic E-state index is 13.3. The summed E-state index contributed by atoms with van der Waals surface area (Å²) >= 11 is 1.65. The lowest BCUT2D eigenvalue weighted by Crippen LogP contribution is -2.48. The molecule has 1 aromatic heterocycles. The molecule has 0 radical (unpaired) electrons. The Balaban J connectivity index is 1.69. The number of benzene rings is 1. The molecule has 3 heterocycles. The van der Waals surface area contributed by atoms with Crippen LogP contribution in [0.3, 0.4) is 0 Å². The highest BCUT2D eigenvalue weighted by atomic mass is 32.2. The van der Waals surface area contributed by atoms with Crippen LogP contribution >= 0.6 is 11.3 Å². The Morgan fingerprint density at radius 2 is 2.12 bits per heavy atom. The molecule has 1 aromatic carbocycles. The van der Waals surface area contributed by atoms with E-state index in [0.29, 0.717) is 18.0 Å². The Morgan fingerprint density at radius 3 is 2.85 bits per heavy atom. The highest BCUT2D eigenvalue weighted by Gasteiger charge is 2.56. The zero-order valence-corrected chi connectivity index (χ0v) is 16.8. The molecule has 0 aliphatic carbocycles. The molecule has 140 valence electrons. The molecule has 2 aliphatic rings. The van der Waals surface area contributed by atoms with E-state index in [-0.39, 0.29) is 0 Å². The van der Waals surface area contributed by atoms with Gasteiger partial charge in [0.15, 0.2) is 0 Å². The third-order valence-corrected chi connectivity index (χ3v) is 8.14. The van der Waals surface area contributed by atoms with Crippen LogP contribution < -0.4 is 0 Å². The molecule has 0 N–H and O–H groups in total. The molecule has 26 heavy (non-hydrogen) atoms. The zero-order valence-electron chi connectivity index (χ0n) is 15.1. The fourth-order valence-corrected chi connectivity index (χ4v) is 6.85. The van der Waals surface area contributed by atoms with Gasteiger partial charge in [-0.05, 0) is 32.1 Å². The van der Waals surface area contributed by atoms with Crippen LogP contribution in [-0.4, -0.2) is 67.8 Å². The highest BCUT2D eigenvalue weighted by molar-refractivity contribution is 7.89. The van der Waals surface area contributed by atoms with Crippen LogP contribution in [0.5, 0.6) is 0 Å². The van der Waals surface area contributed by atoms with E-state index in [1.807, 2.05) is 48.8 Å². The van der Waals surface area contributed by atoms with Gasteiger partial charge in [0.2, 0.25) is 10.0 Å². The van der Waals surface area contributed by atoms with E-state index in [0.717, 1.165) is 36.6 Å². The molecule has 1 fully saturated rings. The predicted molar refractivity (Wildman–Crippen MR) is 103 cm³/mol. The second-order valence-electron chi connectivity index (χ2n) is 7.29. The van der Waals surface area contributed by atoms with Gasteiger partial charge >= 0.3 is 0 Å². The second kappa shape index (κ2) is 6.69. The molecular weight excluding hydrogens is 368 g/mol. The fraction of sp³-hybridized carbons (Fsp3) is 0.500. The molecule has 4 rings (SSSR count). The van der Waals surface area contributed by atoms with E-state index in [1.165, 1.54) is 0 Å². The summed E-state index contributed by atoms with van der Waals surface area (Å²) in [5.41, 5.74) is 0.503. The van der Waals surface area contributed by atoms with Crippen molar-refractivity contribution in [3.63, 3.8) is 0 Å². The molecule has 1 saturated heterocycles. The van der Waals surface area contributed by atoms with Gasteiger partial charge in [-0.1, -0.05) is 18.2 Å². The van der Waals surface area contributed by atoms with Crippen LogP contribution in [0.25, 0.3) is 0 Å².